The average molecular weight is 274 g/mol. The molecule has 0 N–H and O–H groups in total. The van der Waals surface area contributed by atoms with Crippen LogP contribution < -0.4 is 0 Å². The van der Waals surface area contributed by atoms with Gasteiger partial charge in [-0.15, -0.1) is 0 Å². The number of carbonyl (C=O) groups is 2. The molecule has 0 bridgehead atoms. The Morgan fingerprint density at radius 3 is 1.47 bits per heavy atom. The summed E-state index contributed by atoms with van der Waals surface area (Å²) < 4.78 is 14.8. The van der Waals surface area contributed by atoms with Crippen molar-refractivity contribution in [2.45, 2.75) is 40.5 Å². The third kappa shape index (κ3) is 13.1. The topological polar surface area (TPSA) is 61.8 Å². The molecule has 0 aliphatic rings. The van der Waals surface area contributed by atoms with Gasteiger partial charge in [0.25, 0.3) is 0 Å². The Morgan fingerprint density at radius 1 is 0.789 bits per heavy atom. The summed E-state index contributed by atoms with van der Waals surface area (Å²) in [6.45, 7) is 8.57. The Balaban J connectivity index is 3.45. The molecule has 0 fully saturated rings. The fraction of sp³-hybridized carbons (Fsp3) is 0.857. The summed E-state index contributed by atoms with van der Waals surface area (Å²) in [5, 5.41) is 0. The van der Waals surface area contributed by atoms with Gasteiger partial charge >= 0.3 is 11.9 Å². The highest BCUT2D eigenvalue weighted by molar-refractivity contribution is 5.73. The van der Waals surface area contributed by atoms with Gasteiger partial charge in [0.05, 0.1) is 13.2 Å². The number of hydrogen-bond acceptors (Lipinski definition) is 5. The van der Waals surface area contributed by atoms with E-state index in [9.17, 15) is 9.59 Å². The molecule has 5 nitrogen and oxygen atoms in total. The van der Waals surface area contributed by atoms with E-state index < -0.39 is 11.9 Å². The van der Waals surface area contributed by atoms with Crippen LogP contribution in [-0.4, -0.2) is 38.4 Å². The van der Waals surface area contributed by atoms with Crippen LogP contribution in [0.5, 0.6) is 0 Å². The summed E-state index contributed by atoms with van der Waals surface area (Å²) in [5.74, 6) is 0.0839. The first-order chi connectivity index (χ1) is 8.91. The zero-order valence-electron chi connectivity index (χ0n) is 12.4. The lowest BCUT2D eigenvalue weighted by molar-refractivity contribution is -0.155. The van der Waals surface area contributed by atoms with Gasteiger partial charge in [0.15, 0.2) is 0 Å². The van der Waals surface area contributed by atoms with Gasteiger partial charge in [0.1, 0.15) is 13.2 Å². The predicted octanol–water partition coefficient (Wildman–Crippen LogP) is 2.18. The van der Waals surface area contributed by atoms with Crippen LogP contribution in [0, 0.1) is 11.8 Å². The largest absolute Gasteiger partial charge is 0.464 e. The molecule has 0 aromatic carbocycles. The molecule has 0 aliphatic heterocycles. The van der Waals surface area contributed by atoms with E-state index in [2.05, 4.69) is 27.7 Å². The van der Waals surface area contributed by atoms with Crippen LogP contribution in [0.4, 0.5) is 0 Å². The molecule has 0 saturated heterocycles. The minimum absolute atomic E-state index is 0.211. The summed E-state index contributed by atoms with van der Waals surface area (Å²) in [7, 11) is 0. The first-order valence-corrected chi connectivity index (χ1v) is 6.80. The van der Waals surface area contributed by atoms with E-state index in [1.54, 1.807) is 0 Å². The van der Waals surface area contributed by atoms with E-state index in [-0.39, 0.29) is 13.2 Å². The van der Waals surface area contributed by atoms with Crippen molar-refractivity contribution >= 4 is 11.9 Å². The smallest absolute Gasteiger partial charge is 0.332 e. The second kappa shape index (κ2) is 10.8. The Bertz CT molecular complexity index is 235. The van der Waals surface area contributed by atoms with Crippen molar-refractivity contribution in [2.75, 3.05) is 26.4 Å². The van der Waals surface area contributed by atoms with E-state index in [1.165, 1.54) is 0 Å². The molecule has 0 aromatic heterocycles. The summed E-state index contributed by atoms with van der Waals surface area (Å²) in [6.07, 6.45) is 1.64. The first-order valence-electron chi connectivity index (χ1n) is 6.80. The molecule has 0 rings (SSSR count). The Hall–Kier alpha value is -1.10. The molecular formula is C14H26O5. The highest BCUT2D eigenvalue weighted by Gasteiger charge is 2.08. The lowest BCUT2D eigenvalue weighted by Crippen LogP contribution is -2.19. The van der Waals surface area contributed by atoms with Gasteiger partial charge in [-0.2, -0.15) is 0 Å². The molecular weight excluding hydrogens is 248 g/mol. The standard InChI is InChI=1S/C14H26O5/c1-11(2)5-7-18-13(15)9-17-10-14(16)19-8-6-12(3)4/h11-12H,5-10H2,1-4H3. The molecule has 112 valence electrons. The van der Waals surface area contributed by atoms with Crippen molar-refractivity contribution in [1.29, 1.82) is 0 Å². The van der Waals surface area contributed by atoms with Crippen LogP contribution in [-0.2, 0) is 23.8 Å². The van der Waals surface area contributed by atoms with Gasteiger partial charge in [-0.05, 0) is 24.7 Å². The molecule has 0 unspecified atom stereocenters. The third-order valence-corrected chi connectivity index (χ3v) is 2.36. The van der Waals surface area contributed by atoms with Gasteiger partial charge in [-0.3, -0.25) is 0 Å². The molecule has 0 aliphatic carbocycles. The third-order valence-electron chi connectivity index (χ3n) is 2.36. The fourth-order valence-electron chi connectivity index (χ4n) is 1.12. The highest BCUT2D eigenvalue weighted by atomic mass is 16.6. The molecule has 19 heavy (non-hydrogen) atoms. The van der Waals surface area contributed by atoms with Gasteiger partial charge in [0, 0.05) is 0 Å². The zero-order valence-corrected chi connectivity index (χ0v) is 12.4. The maximum atomic E-state index is 11.2. The van der Waals surface area contributed by atoms with Crippen LogP contribution in [0.15, 0.2) is 0 Å². The van der Waals surface area contributed by atoms with Crippen molar-refractivity contribution in [2.24, 2.45) is 11.8 Å². The number of ether oxygens (including phenoxy) is 3. The van der Waals surface area contributed by atoms with Crippen LogP contribution in [0.1, 0.15) is 40.5 Å². The van der Waals surface area contributed by atoms with Gasteiger partial charge in [0.2, 0.25) is 0 Å². The van der Waals surface area contributed by atoms with E-state index in [0.29, 0.717) is 25.0 Å². The van der Waals surface area contributed by atoms with Crippen LogP contribution in [0.3, 0.4) is 0 Å². The summed E-state index contributed by atoms with van der Waals surface area (Å²) in [4.78, 5) is 22.4. The van der Waals surface area contributed by atoms with Crippen molar-refractivity contribution in [1.82, 2.24) is 0 Å². The lowest BCUT2D eigenvalue weighted by atomic mass is 10.1. The van der Waals surface area contributed by atoms with Crippen molar-refractivity contribution in [3.8, 4) is 0 Å². The van der Waals surface area contributed by atoms with E-state index in [0.717, 1.165) is 12.8 Å². The quantitative estimate of drug-likeness (QED) is 0.571. The van der Waals surface area contributed by atoms with E-state index in [4.69, 9.17) is 14.2 Å². The van der Waals surface area contributed by atoms with Crippen LogP contribution in [0.25, 0.3) is 0 Å². The Kier molecular flexibility index (Phi) is 10.2. The van der Waals surface area contributed by atoms with Crippen LogP contribution in [0.2, 0.25) is 0 Å². The molecule has 5 heteroatoms. The maximum Gasteiger partial charge on any atom is 0.332 e. The number of hydrogen-bond donors (Lipinski definition) is 0. The van der Waals surface area contributed by atoms with Crippen LogP contribution >= 0.6 is 0 Å². The number of rotatable bonds is 10. The second-order valence-electron chi connectivity index (χ2n) is 5.30. The van der Waals surface area contributed by atoms with Gasteiger partial charge in [-0.1, -0.05) is 27.7 Å². The lowest BCUT2D eigenvalue weighted by Gasteiger charge is -2.08. The Morgan fingerprint density at radius 2 is 1.16 bits per heavy atom. The number of esters is 2. The molecule has 0 heterocycles. The summed E-state index contributed by atoms with van der Waals surface area (Å²) in [5.41, 5.74) is 0. The minimum atomic E-state index is -0.448. The minimum Gasteiger partial charge on any atom is -0.464 e. The maximum absolute atomic E-state index is 11.2. The predicted molar refractivity (Wildman–Crippen MR) is 71.6 cm³/mol. The second-order valence-corrected chi connectivity index (χ2v) is 5.30. The van der Waals surface area contributed by atoms with Crippen molar-refractivity contribution < 1.29 is 23.8 Å². The molecule has 0 radical (unpaired) electrons. The SMILES string of the molecule is CC(C)CCOC(=O)COCC(=O)OCCC(C)C. The number of carbonyl (C=O) groups excluding carboxylic acids is 2. The fourth-order valence-corrected chi connectivity index (χ4v) is 1.12. The molecule has 0 spiro atoms. The van der Waals surface area contributed by atoms with Gasteiger partial charge in [-0.25, -0.2) is 9.59 Å². The normalized spacial score (nSPS) is 10.8. The monoisotopic (exact) mass is 274 g/mol. The molecule has 0 saturated carbocycles. The van der Waals surface area contributed by atoms with Crippen molar-refractivity contribution in [3.63, 3.8) is 0 Å². The Labute approximate surface area is 115 Å². The van der Waals surface area contributed by atoms with Gasteiger partial charge < -0.3 is 14.2 Å². The molecule has 0 aromatic rings. The first kappa shape index (κ1) is 17.9. The molecule has 0 atom stereocenters. The summed E-state index contributed by atoms with van der Waals surface area (Å²) >= 11 is 0. The average Bonchev–Trinajstić information content (AvgIpc) is 2.27. The molecule has 0 amide bonds. The zero-order chi connectivity index (χ0) is 14.7. The van der Waals surface area contributed by atoms with Crippen molar-refractivity contribution in [3.05, 3.63) is 0 Å². The highest BCUT2D eigenvalue weighted by Crippen LogP contribution is 2.00. The van der Waals surface area contributed by atoms with E-state index >= 15 is 0 Å². The summed E-state index contributed by atoms with van der Waals surface area (Å²) in [6, 6.07) is 0. The van der Waals surface area contributed by atoms with E-state index in [1.807, 2.05) is 0 Å².